The van der Waals surface area contributed by atoms with E-state index in [1.165, 1.54) is 5.57 Å². The number of rotatable bonds is 6. The van der Waals surface area contributed by atoms with Crippen molar-refractivity contribution in [1.82, 2.24) is 9.80 Å². The Balaban J connectivity index is 1.50. The molecule has 6 rings (SSSR count). The Morgan fingerprint density at radius 3 is 2.62 bits per heavy atom. The van der Waals surface area contributed by atoms with Crippen LogP contribution < -0.4 is 0 Å². The van der Waals surface area contributed by atoms with Gasteiger partial charge in [0.1, 0.15) is 18.0 Å². The van der Waals surface area contributed by atoms with Crippen LogP contribution in [0.25, 0.3) is 5.70 Å². The summed E-state index contributed by atoms with van der Waals surface area (Å²) in [4.78, 5) is 19.0. The minimum atomic E-state index is -1.79. The van der Waals surface area contributed by atoms with E-state index in [4.69, 9.17) is 4.74 Å². The fourth-order valence-corrected chi connectivity index (χ4v) is 7.88. The predicted molar refractivity (Wildman–Crippen MR) is 143 cm³/mol. The van der Waals surface area contributed by atoms with Gasteiger partial charge in [0.15, 0.2) is 11.4 Å². The highest BCUT2D eigenvalue weighted by Crippen LogP contribution is 2.66. The summed E-state index contributed by atoms with van der Waals surface area (Å²) in [6, 6.07) is 10.3. The molecule has 0 aromatic heterocycles. The van der Waals surface area contributed by atoms with Gasteiger partial charge in [0.25, 0.3) is 0 Å². The zero-order chi connectivity index (χ0) is 26.1. The third-order valence-electron chi connectivity index (χ3n) is 9.69. The van der Waals surface area contributed by atoms with Crippen LogP contribution >= 0.6 is 0 Å². The van der Waals surface area contributed by atoms with Gasteiger partial charge in [-0.2, -0.15) is 0 Å². The molecule has 2 fully saturated rings. The summed E-state index contributed by atoms with van der Waals surface area (Å²) < 4.78 is 6.57. The molecule has 37 heavy (non-hydrogen) atoms. The van der Waals surface area contributed by atoms with Crippen molar-refractivity contribution < 1.29 is 19.7 Å². The van der Waals surface area contributed by atoms with E-state index >= 15 is 0 Å². The number of carbonyl (C=O) groups excluding carboxylic acids is 1. The fraction of sp³-hybridized carbons (Fsp3) is 0.516. The summed E-state index contributed by atoms with van der Waals surface area (Å²) in [6.45, 7) is 8.39. The normalized spacial score (nSPS) is 36.4. The molecule has 5 aliphatic rings. The van der Waals surface area contributed by atoms with Crippen molar-refractivity contribution in [2.24, 2.45) is 11.3 Å². The predicted octanol–water partition coefficient (Wildman–Crippen LogP) is 3.68. The molecule has 196 valence electrons. The van der Waals surface area contributed by atoms with E-state index in [0.29, 0.717) is 17.4 Å². The van der Waals surface area contributed by atoms with Gasteiger partial charge in [0, 0.05) is 48.0 Å². The van der Waals surface area contributed by atoms with Crippen LogP contribution in [0.3, 0.4) is 0 Å². The smallest absolute Gasteiger partial charge is 0.200 e. The number of hydrogen-bond acceptors (Lipinski definition) is 6. The minimum Gasteiger partial charge on any atom is -0.487 e. The molecule has 3 aliphatic carbocycles. The summed E-state index contributed by atoms with van der Waals surface area (Å²) in [6.07, 6.45) is 6.73. The monoisotopic (exact) mass is 502 g/mol. The second-order valence-corrected chi connectivity index (χ2v) is 11.3. The van der Waals surface area contributed by atoms with Crippen molar-refractivity contribution in [3.63, 3.8) is 0 Å². The summed E-state index contributed by atoms with van der Waals surface area (Å²) >= 11 is 0. The first-order chi connectivity index (χ1) is 17.8. The van der Waals surface area contributed by atoms with Crippen LogP contribution in [0.1, 0.15) is 45.6 Å². The Bertz CT molecular complexity index is 1240. The highest BCUT2D eigenvalue weighted by atomic mass is 16.5. The lowest BCUT2D eigenvalue weighted by Gasteiger charge is -2.58. The van der Waals surface area contributed by atoms with Crippen molar-refractivity contribution in [2.45, 2.75) is 63.9 Å². The largest absolute Gasteiger partial charge is 0.487 e. The molecule has 1 aromatic rings. The van der Waals surface area contributed by atoms with Crippen molar-refractivity contribution in [1.29, 1.82) is 0 Å². The third kappa shape index (κ3) is 3.25. The van der Waals surface area contributed by atoms with E-state index < -0.39 is 23.2 Å². The molecule has 2 heterocycles. The molecule has 6 atom stereocenters. The number of nitrogens with zero attached hydrogens (tertiary/aromatic N) is 2. The molecule has 1 unspecified atom stereocenters. The average Bonchev–Trinajstić information content (AvgIpc) is 3.28. The number of Topliss-reactive ketones (excluding diaryl/α,β-unsaturated/α-hetero) is 1. The molecule has 2 bridgehead atoms. The minimum absolute atomic E-state index is 0.186. The molecule has 0 amide bonds. The second kappa shape index (κ2) is 8.69. The van der Waals surface area contributed by atoms with Gasteiger partial charge >= 0.3 is 0 Å². The number of likely N-dealkylation sites (tertiary alicyclic amines) is 1. The number of ketones is 1. The fourth-order valence-electron chi connectivity index (χ4n) is 7.88. The first-order valence-electron chi connectivity index (χ1n) is 13.7. The number of ether oxygens (including phenoxy) is 1. The molecular formula is C31H38N2O4. The number of benzene rings is 1. The average molecular weight is 503 g/mol. The highest BCUT2D eigenvalue weighted by Gasteiger charge is 2.68. The first kappa shape index (κ1) is 24.7. The maximum absolute atomic E-state index is 14.4. The Morgan fingerprint density at radius 2 is 1.92 bits per heavy atom. The Hall–Kier alpha value is -2.67. The second-order valence-electron chi connectivity index (χ2n) is 11.3. The van der Waals surface area contributed by atoms with E-state index in [-0.39, 0.29) is 18.1 Å². The number of hydrogen-bond donors (Lipinski definition) is 2. The Kier molecular flexibility index (Phi) is 5.79. The number of carbonyl (C=O) groups is 1. The molecular weight excluding hydrogens is 464 g/mol. The van der Waals surface area contributed by atoms with E-state index in [1.54, 1.807) is 0 Å². The van der Waals surface area contributed by atoms with Crippen LogP contribution in [0.5, 0.6) is 0 Å². The van der Waals surface area contributed by atoms with Crippen molar-refractivity contribution in [3.05, 3.63) is 76.6 Å². The van der Waals surface area contributed by atoms with Crippen LogP contribution in [0, 0.1) is 11.3 Å². The quantitative estimate of drug-likeness (QED) is 0.457. The van der Waals surface area contributed by atoms with Gasteiger partial charge in [-0.05, 0) is 58.3 Å². The van der Waals surface area contributed by atoms with Crippen LogP contribution in [-0.2, 0) is 9.53 Å². The number of aliphatic hydroxyl groups is 2. The van der Waals surface area contributed by atoms with E-state index in [9.17, 15) is 15.0 Å². The summed E-state index contributed by atoms with van der Waals surface area (Å²) in [5.41, 5.74) is 2.32. The lowest BCUT2D eigenvalue weighted by Crippen LogP contribution is -2.62. The van der Waals surface area contributed by atoms with Crippen LogP contribution in [0.15, 0.2) is 71.0 Å². The Morgan fingerprint density at radius 1 is 1.19 bits per heavy atom. The van der Waals surface area contributed by atoms with Crippen molar-refractivity contribution >= 4 is 11.5 Å². The SMILES string of the molecule is CCN(CC)/C(=C(/C)C(=O)C1(O)CC=C2C[C@@H]3[C@@H]4C=C[C@H](O)[C@@H]5OC1=C2[C@]45CCN3C)c1ccccc1. The first-order valence-corrected chi connectivity index (χ1v) is 13.7. The van der Waals surface area contributed by atoms with E-state index in [2.05, 4.69) is 42.8 Å². The van der Waals surface area contributed by atoms with Gasteiger partial charge in [-0.25, -0.2) is 0 Å². The van der Waals surface area contributed by atoms with Gasteiger partial charge in [-0.3, -0.25) is 4.79 Å². The molecule has 6 heteroatoms. The van der Waals surface area contributed by atoms with Crippen molar-refractivity contribution in [3.8, 4) is 0 Å². The molecule has 6 nitrogen and oxygen atoms in total. The van der Waals surface area contributed by atoms with Crippen LogP contribution in [-0.4, -0.2) is 76.3 Å². The van der Waals surface area contributed by atoms with E-state index in [0.717, 1.165) is 49.3 Å². The zero-order valence-electron chi connectivity index (χ0n) is 22.3. The number of piperidine rings is 1. The lowest BCUT2D eigenvalue weighted by molar-refractivity contribution is -0.137. The lowest BCUT2D eigenvalue weighted by atomic mass is 9.51. The van der Waals surface area contributed by atoms with Gasteiger partial charge < -0.3 is 24.7 Å². The van der Waals surface area contributed by atoms with Gasteiger partial charge in [-0.1, -0.05) is 48.6 Å². The third-order valence-corrected chi connectivity index (χ3v) is 9.69. The summed E-state index contributed by atoms with van der Waals surface area (Å²) in [5, 5.41) is 23.3. The zero-order valence-corrected chi connectivity index (χ0v) is 22.3. The molecule has 2 N–H and O–H groups in total. The van der Waals surface area contributed by atoms with Gasteiger partial charge in [-0.15, -0.1) is 0 Å². The van der Waals surface area contributed by atoms with Crippen LogP contribution in [0.2, 0.25) is 0 Å². The molecule has 0 radical (unpaired) electrons. The highest BCUT2D eigenvalue weighted by molar-refractivity contribution is 6.09. The Labute approximate surface area is 219 Å². The van der Waals surface area contributed by atoms with E-state index in [1.807, 2.05) is 43.3 Å². The van der Waals surface area contributed by atoms with Crippen LogP contribution in [0.4, 0.5) is 0 Å². The molecule has 2 aliphatic heterocycles. The number of aliphatic hydroxyl groups excluding tert-OH is 1. The van der Waals surface area contributed by atoms with Gasteiger partial charge in [0.05, 0.1) is 5.70 Å². The summed E-state index contributed by atoms with van der Waals surface area (Å²) in [5.74, 6) is 0.260. The van der Waals surface area contributed by atoms with Crippen molar-refractivity contribution in [2.75, 3.05) is 26.7 Å². The summed E-state index contributed by atoms with van der Waals surface area (Å²) in [7, 11) is 2.17. The van der Waals surface area contributed by atoms with Gasteiger partial charge in [0.2, 0.25) is 0 Å². The topological polar surface area (TPSA) is 73.2 Å². The molecule has 1 spiro atoms. The molecule has 1 saturated heterocycles. The maximum Gasteiger partial charge on any atom is 0.200 e. The molecule has 1 saturated carbocycles. The molecule has 1 aromatic carbocycles. The maximum atomic E-state index is 14.4. The standard InChI is InChI=1S/C31H38N2O4/c1-5-33(6-2)26(20-10-8-7-9-11-20)19(3)27(35)31(36)15-14-21-18-23-22-12-13-24(34)28-30(22,16-17-32(23)4)25(21)29(31)37-28/h7-14,22-24,28,34,36H,5-6,15-18H2,1-4H3/b26-19-/t22-,23+,24-,28-,30-,31?/m0/s1.